The molecule has 9 heteroatoms. The van der Waals surface area contributed by atoms with Crippen molar-refractivity contribution < 1.29 is 46.8 Å². The van der Waals surface area contributed by atoms with Crippen LogP contribution < -0.4 is 10.2 Å². The molecule has 0 aromatic heterocycles. The van der Waals surface area contributed by atoms with Crippen LogP contribution in [-0.4, -0.2) is 34.6 Å². The van der Waals surface area contributed by atoms with Crippen molar-refractivity contribution in [1.29, 1.82) is 0 Å². The molecule has 2 N–H and O–H groups in total. The zero-order chi connectivity index (χ0) is 36.3. The summed E-state index contributed by atoms with van der Waals surface area (Å²) < 4.78 is 0. The Morgan fingerprint density at radius 1 is 0.592 bits per heavy atom. The second-order valence-corrected chi connectivity index (χ2v) is 12.9. The zero-order valence-electron chi connectivity index (χ0n) is 30.0. The average Bonchev–Trinajstić information content (AvgIpc) is 2.98. The maximum Gasteiger partial charge on any atom is 2.00 e. The molecule has 1 radical (unpaired) electrons. The van der Waals surface area contributed by atoms with Crippen LogP contribution >= 0.6 is 0 Å². The van der Waals surface area contributed by atoms with Crippen molar-refractivity contribution in [3.63, 3.8) is 0 Å². The molecule has 0 heterocycles. The van der Waals surface area contributed by atoms with Crippen molar-refractivity contribution in [1.82, 2.24) is 0 Å². The van der Waals surface area contributed by atoms with Gasteiger partial charge in [-0.25, -0.2) is 0 Å². The van der Waals surface area contributed by atoms with E-state index in [0.717, 1.165) is 35.7 Å². The van der Waals surface area contributed by atoms with E-state index in [4.69, 9.17) is 29.8 Å². The van der Waals surface area contributed by atoms with Gasteiger partial charge in [0.15, 0.2) is 0 Å². The number of carboxylic acid groups (broad SMARTS) is 2. The van der Waals surface area contributed by atoms with Crippen molar-refractivity contribution in [2.45, 2.75) is 92.9 Å². The van der Waals surface area contributed by atoms with Crippen molar-refractivity contribution in [3.8, 4) is 11.5 Å². The molecule has 4 aromatic rings. The van der Waals surface area contributed by atoms with Crippen LogP contribution in [0.15, 0.2) is 70.6 Å². The number of phenolic OH excluding ortho intramolecular Hbond substituents is 2. The van der Waals surface area contributed by atoms with Gasteiger partial charge in [0.25, 0.3) is 0 Å². The Morgan fingerprint density at radius 3 is 1.16 bits per heavy atom. The summed E-state index contributed by atoms with van der Waals surface area (Å²) >= 11 is 0. The van der Waals surface area contributed by atoms with E-state index >= 15 is 0 Å². The number of hydrogen-bond donors (Lipinski definition) is 2. The van der Waals surface area contributed by atoms with E-state index in [9.17, 15) is 10.2 Å². The van der Waals surface area contributed by atoms with Crippen LogP contribution in [0.5, 0.6) is 11.5 Å². The van der Waals surface area contributed by atoms with Crippen LogP contribution in [0.4, 0.5) is 11.4 Å². The normalized spacial score (nSPS) is 11.1. The Morgan fingerprint density at radius 2 is 0.898 bits per heavy atom. The maximum absolute atomic E-state index is 11.1. The van der Waals surface area contributed by atoms with Crippen molar-refractivity contribution in [2.75, 3.05) is 0 Å². The summed E-state index contributed by atoms with van der Waals surface area (Å²) in [4.78, 5) is 27.5. The molecule has 0 spiro atoms. The molecule has 0 fully saturated rings. The number of phenols is 2. The van der Waals surface area contributed by atoms with Gasteiger partial charge in [-0.3, -0.25) is 9.98 Å². The van der Waals surface area contributed by atoms with Gasteiger partial charge in [-0.2, -0.15) is 0 Å². The number of carboxylic acids is 2. The van der Waals surface area contributed by atoms with E-state index in [0.29, 0.717) is 34.3 Å². The molecule has 0 bridgehead atoms. The van der Waals surface area contributed by atoms with Crippen LogP contribution in [-0.2, 0) is 26.4 Å². The predicted octanol–water partition coefficient (Wildman–Crippen LogP) is 7.76. The summed E-state index contributed by atoms with van der Waals surface area (Å²) in [6.45, 7) is 18.9. The van der Waals surface area contributed by atoms with Gasteiger partial charge < -0.3 is 30.0 Å². The zero-order valence-corrected chi connectivity index (χ0v) is 31.0. The Kier molecular flexibility index (Phi) is 16.9. The van der Waals surface area contributed by atoms with Gasteiger partial charge >= 0.3 is 16.8 Å². The molecule has 0 saturated heterocycles. The minimum Gasteiger partial charge on any atom is -0.550 e. The molecule has 4 rings (SSSR count). The maximum atomic E-state index is 11.1. The van der Waals surface area contributed by atoms with E-state index in [1.54, 1.807) is 12.4 Å². The number of aliphatic imine (C=N–C) groups is 2. The number of fused-ring (bicyclic) bond motifs is 1. The number of rotatable bonds is 8. The monoisotopic (exact) mass is 711 g/mol. The van der Waals surface area contributed by atoms with Gasteiger partial charge in [0.05, 0.1) is 11.4 Å². The quantitative estimate of drug-likeness (QED) is 0.179. The van der Waals surface area contributed by atoms with Crippen LogP contribution in [0.25, 0.3) is 10.8 Å². The average molecular weight is 712 g/mol. The third-order valence-corrected chi connectivity index (χ3v) is 7.49. The molecule has 4 aromatic carbocycles. The first kappa shape index (κ1) is 42.5. The van der Waals surface area contributed by atoms with Crippen LogP contribution in [0, 0.1) is 0 Å². The Balaban J connectivity index is 0.00000120. The van der Waals surface area contributed by atoms with Gasteiger partial charge in [-0.05, 0) is 94.8 Å². The van der Waals surface area contributed by atoms with Crippen molar-refractivity contribution in [3.05, 3.63) is 94.0 Å². The molecule has 0 unspecified atom stereocenters. The number of nitrogens with zero attached hydrogens (tertiary/aromatic N) is 2. The second-order valence-electron chi connectivity index (χ2n) is 12.9. The molecule has 263 valence electrons. The third-order valence-electron chi connectivity index (χ3n) is 7.49. The summed E-state index contributed by atoms with van der Waals surface area (Å²) in [6.07, 6.45) is 3.48. The topological polar surface area (TPSA) is 145 Å². The molecule has 0 atom stereocenters. The fourth-order valence-electron chi connectivity index (χ4n) is 4.85. The molecule has 0 aliphatic rings. The number of hydrogen-bond acceptors (Lipinski definition) is 8. The fourth-order valence-corrected chi connectivity index (χ4v) is 4.85. The van der Waals surface area contributed by atoms with Gasteiger partial charge in [0.1, 0.15) is 11.5 Å². The third kappa shape index (κ3) is 12.8. The minimum atomic E-state index is -1.08. The van der Waals surface area contributed by atoms with E-state index in [2.05, 4.69) is 79.7 Å². The Bertz CT molecular complexity index is 1650. The molecule has 0 aliphatic heterocycles. The van der Waals surface area contributed by atoms with Crippen LogP contribution in [0.1, 0.15) is 126 Å². The first-order valence-corrected chi connectivity index (χ1v) is 16.1. The molecule has 8 nitrogen and oxygen atoms in total. The molecule has 49 heavy (non-hydrogen) atoms. The van der Waals surface area contributed by atoms with Gasteiger partial charge in [-0.1, -0.05) is 91.8 Å². The Labute approximate surface area is 300 Å². The summed E-state index contributed by atoms with van der Waals surface area (Å²) in [5.74, 6) is -0.586. The van der Waals surface area contributed by atoms with Crippen molar-refractivity contribution in [2.24, 2.45) is 9.98 Å². The molecule has 0 aliphatic carbocycles. The molecular weight excluding hydrogens is 663 g/mol. The Hall–Kier alpha value is -4.47. The van der Waals surface area contributed by atoms with Gasteiger partial charge in [0.2, 0.25) is 0 Å². The molecular formula is C40H48CoN2O6. The smallest absolute Gasteiger partial charge is 0.550 e. The predicted molar refractivity (Wildman–Crippen MR) is 192 cm³/mol. The summed E-state index contributed by atoms with van der Waals surface area (Å²) in [7, 11) is 0. The number of aliphatic carboxylic acids is 2. The summed E-state index contributed by atoms with van der Waals surface area (Å²) in [5.41, 5.74) is 6.96. The van der Waals surface area contributed by atoms with E-state index < -0.39 is 11.9 Å². The number of carbonyl (C=O) groups is 2. The van der Waals surface area contributed by atoms with Crippen molar-refractivity contribution >= 4 is 46.5 Å². The fraction of sp³-hybridized carbons (Fsp3) is 0.350. The van der Waals surface area contributed by atoms with E-state index in [-0.39, 0.29) is 40.1 Å². The first-order chi connectivity index (χ1) is 22.4. The van der Waals surface area contributed by atoms with E-state index in [1.807, 2.05) is 36.4 Å². The molecule has 0 amide bonds. The van der Waals surface area contributed by atoms with Gasteiger partial charge in [0, 0.05) is 35.5 Å². The molecule has 0 saturated carbocycles. The second kappa shape index (κ2) is 19.5. The van der Waals surface area contributed by atoms with E-state index in [1.165, 1.54) is 11.1 Å². The largest absolute Gasteiger partial charge is 2.00 e. The number of carbonyl (C=O) groups excluding carboxylic acids is 2. The van der Waals surface area contributed by atoms with Crippen LogP contribution in [0.2, 0.25) is 0 Å². The first-order valence-electron chi connectivity index (χ1n) is 16.1. The standard InChI is InChI=1S/C36H42N2O2.2C2H4O2.Co/c1-21(2)27-13-29(35(39)31(15-27)23(5)6)19-37-33-17-25-11-9-10-12-26(25)18-34(33)38-20-30-14-28(22(3)4)16-32(24(7)8)36(30)40;2*1-2(3)4;/h9-24,39-40H,1-8H3;2*1H3,(H,3,4);/q;;;+2/p-2. The summed E-state index contributed by atoms with van der Waals surface area (Å²) in [5, 5.41) is 42.0. The number of benzene rings is 4. The summed E-state index contributed by atoms with van der Waals surface area (Å²) in [6, 6.07) is 20.4. The van der Waals surface area contributed by atoms with Crippen LogP contribution in [0.3, 0.4) is 0 Å². The minimum absolute atomic E-state index is 0. The SMILES string of the molecule is CC(=O)[O-].CC(=O)[O-].CC(C)c1cc(C=Nc2cc3ccccc3cc2N=Cc2cc(C(C)C)cc(C(C)C)c2O)c(O)c(C(C)C)c1.[Co+2]. The number of aromatic hydroxyl groups is 2. The van der Waals surface area contributed by atoms with Gasteiger partial charge in [-0.15, -0.1) is 0 Å².